The molecule has 1 aromatic heterocycles. The molecule has 1 fully saturated rings. The molecule has 2 N–H and O–H groups in total. The molecule has 214 valence electrons. The van der Waals surface area contributed by atoms with Crippen LogP contribution in [0.2, 0.25) is 0 Å². The molecule has 2 heterocycles. The van der Waals surface area contributed by atoms with Crippen LogP contribution < -0.4 is 19.8 Å². The van der Waals surface area contributed by atoms with E-state index in [1.807, 2.05) is 7.05 Å². The largest absolute Gasteiger partial charge is 0.422 e. The number of amides is 1. The van der Waals surface area contributed by atoms with Crippen molar-refractivity contribution in [2.45, 2.75) is 13.0 Å². The summed E-state index contributed by atoms with van der Waals surface area (Å²) in [6.45, 7) is 3.72. The maximum Gasteiger partial charge on any atom is 0.414 e. The lowest BCUT2D eigenvalue weighted by Crippen LogP contribution is -2.44. The van der Waals surface area contributed by atoms with Crippen LogP contribution in [-0.2, 0) is 23.2 Å². The van der Waals surface area contributed by atoms with Crippen LogP contribution in [0.5, 0.6) is 5.75 Å². The third kappa shape index (κ3) is 6.74. The second-order valence-electron chi connectivity index (χ2n) is 9.61. The molecule has 1 amide bonds. The number of carbonyl (C=O) groups is 1. The Morgan fingerprint density at radius 3 is 2.54 bits per heavy atom. The van der Waals surface area contributed by atoms with Gasteiger partial charge < -0.3 is 19.0 Å². The van der Waals surface area contributed by atoms with E-state index in [1.165, 1.54) is 36.2 Å². The summed E-state index contributed by atoms with van der Waals surface area (Å²) in [6.07, 6.45) is -0.685. The summed E-state index contributed by atoms with van der Waals surface area (Å²) < 4.78 is 54.4. The predicted molar refractivity (Wildman–Crippen MR) is 150 cm³/mol. The summed E-state index contributed by atoms with van der Waals surface area (Å²) in [6, 6.07) is 9.15. The van der Waals surface area contributed by atoms with E-state index in [0.717, 1.165) is 26.2 Å². The Morgan fingerprint density at radius 1 is 1.15 bits per heavy atom. The molecule has 0 atom stereocenters. The van der Waals surface area contributed by atoms with Crippen molar-refractivity contribution < 1.29 is 29.6 Å². The Labute approximate surface area is 229 Å². The lowest BCUT2D eigenvalue weighted by molar-refractivity contribution is 0.148. The quantitative estimate of drug-likeness (QED) is 0.400. The van der Waals surface area contributed by atoms with Gasteiger partial charge in [0, 0.05) is 80.2 Å². The second-order valence-corrected chi connectivity index (χ2v) is 11.2. The Balaban J connectivity index is 0.00000294. The molecule has 1 aliphatic heterocycles. The van der Waals surface area contributed by atoms with Crippen molar-refractivity contribution in [3.8, 4) is 5.75 Å². The number of nitrogens with zero attached hydrogens (tertiary/aromatic N) is 3. The van der Waals surface area contributed by atoms with Crippen molar-refractivity contribution in [1.29, 1.82) is 0 Å². The summed E-state index contributed by atoms with van der Waals surface area (Å²) in [5, 5.41) is 0.639. The number of piperazine rings is 1. The summed E-state index contributed by atoms with van der Waals surface area (Å²) in [4.78, 5) is 31.0. The number of nitrogens with one attached hydrogen (secondary N) is 2. The fourth-order valence-corrected chi connectivity index (χ4v) is 4.86. The zero-order chi connectivity index (χ0) is 28.3. The molecule has 39 heavy (non-hydrogen) atoms. The minimum atomic E-state index is -3.94. The average Bonchev–Trinajstić information content (AvgIpc) is 2.89. The Hall–Kier alpha value is -3.52. The molecule has 2 aromatic carbocycles. The number of fused-ring (bicyclic) bond motifs is 1. The number of likely N-dealkylation sites (N-methyl/N-ethyl adjacent to an activating group) is 1. The van der Waals surface area contributed by atoms with Crippen LogP contribution in [-0.4, -0.2) is 83.6 Å². The maximum absolute atomic E-state index is 15.4. The van der Waals surface area contributed by atoms with Crippen LogP contribution in [0.15, 0.2) is 45.6 Å². The topological polar surface area (TPSA) is 124 Å². The number of halogens is 1. The molecule has 1 saturated heterocycles. The fraction of sp³-hybridized carbons (Fsp3) is 0.385. The molecule has 0 aliphatic carbocycles. The van der Waals surface area contributed by atoms with Gasteiger partial charge in [0.1, 0.15) is 11.3 Å². The smallest absolute Gasteiger partial charge is 0.414 e. The fourth-order valence-electron chi connectivity index (χ4n) is 4.31. The summed E-state index contributed by atoms with van der Waals surface area (Å²) in [5.74, 6) is -0.564. The minimum Gasteiger partial charge on any atom is -0.422 e. The van der Waals surface area contributed by atoms with Gasteiger partial charge in [-0.15, -0.1) is 0 Å². The number of benzene rings is 2. The summed E-state index contributed by atoms with van der Waals surface area (Å²) >= 11 is 0. The standard InChI is InChI=1S/C26H32FN5O6S.2H2/c1-28-39(35,36)29-22-7-5-6-17(24(22)27)14-20-21(16-32-12-10-31(4)11-13-32)19-9-8-18(37-26(34)30(2)3)15-23(19)38-25(20)33;;/h5-9,15,28-29H,10-14,16H2,1-4H3;2*1H. The second kappa shape index (κ2) is 11.7. The van der Waals surface area contributed by atoms with Crippen LogP contribution >= 0.6 is 0 Å². The van der Waals surface area contributed by atoms with E-state index >= 15 is 4.39 Å². The first-order valence-electron chi connectivity index (χ1n) is 12.3. The van der Waals surface area contributed by atoms with Gasteiger partial charge in [0.05, 0.1) is 5.69 Å². The highest BCUT2D eigenvalue weighted by atomic mass is 32.2. The molecular formula is C26H36FN5O6S. The number of carbonyl (C=O) groups excluding carboxylic acids is 1. The Morgan fingerprint density at radius 2 is 1.87 bits per heavy atom. The summed E-state index contributed by atoms with van der Waals surface area (Å²) in [7, 11) is 2.43. The first-order chi connectivity index (χ1) is 18.5. The monoisotopic (exact) mass is 565 g/mol. The van der Waals surface area contributed by atoms with Crippen molar-refractivity contribution in [2.24, 2.45) is 0 Å². The van der Waals surface area contributed by atoms with Crippen LogP contribution in [0.1, 0.15) is 19.5 Å². The Bertz CT molecular complexity index is 1550. The van der Waals surface area contributed by atoms with Crippen LogP contribution in [0.25, 0.3) is 11.0 Å². The third-order valence-electron chi connectivity index (χ3n) is 6.60. The minimum absolute atomic E-state index is 0. The molecule has 11 nitrogen and oxygen atoms in total. The SMILES string of the molecule is CNS(=O)(=O)Nc1cccc(Cc2c(CN3CCN(C)CC3)c3ccc(OC(=O)N(C)C)cc3oc2=O)c1F.[HH].[HH]. The van der Waals surface area contributed by atoms with Gasteiger partial charge in [0.15, 0.2) is 5.82 Å². The van der Waals surface area contributed by atoms with Gasteiger partial charge in [0.25, 0.3) is 10.2 Å². The molecule has 3 aromatic rings. The van der Waals surface area contributed by atoms with Crippen molar-refractivity contribution in [3.05, 3.63) is 69.3 Å². The predicted octanol–water partition coefficient (Wildman–Crippen LogP) is 2.70. The van der Waals surface area contributed by atoms with Gasteiger partial charge in [0.2, 0.25) is 0 Å². The first kappa shape index (κ1) is 28.5. The normalized spacial score (nSPS) is 14.9. The molecule has 0 saturated carbocycles. The van der Waals surface area contributed by atoms with Gasteiger partial charge in [-0.3, -0.25) is 9.62 Å². The van der Waals surface area contributed by atoms with Crippen molar-refractivity contribution in [3.63, 3.8) is 0 Å². The van der Waals surface area contributed by atoms with Gasteiger partial charge in [-0.2, -0.15) is 8.42 Å². The van der Waals surface area contributed by atoms with E-state index in [4.69, 9.17) is 9.15 Å². The molecule has 0 spiro atoms. The number of ether oxygens (including phenoxy) is 1. The van der Waals surface area contributed by atoms with E-state index in [0.29, 0.717) is 17.5 Å². The Kier molecular flexibility index (Phi) is 8.54. The van der Waals surface area contributed by atoms with Gasteiger partial charge in [-0.25, -0.2) is 18.7 Å². The average molecular weight is 566 g/mol. The van der Waals surface area contributed by atoms with E-state index in [2.05, 4.69) is 19.2 Å². The molecule has 0 unspecified atom stereocenters. The van der Waals surface area contributed by atoms with Crippen LogP contribution in [0, 0.1) is 5.82 Å². The van der Waals surface area contributed by atoms with Crippen molar-refractivity contribution >= 4 is 33.0 Å². The van der Waals surface area contributed by atoms with E-state index in [9.17, 15) is 18.0 Å². The molecular weight excluding hydrogens is 529 g/mol. The highest BCUT2D eigenvalue weighted by Gasteiger charge is 2.23. The molecule has 4 rings (SSSR count). The highest BCUT2D eigenvalue weighted by molar-refractivity contribution is 7.90. The zero-order valence-electron chi connectivity index (χ0n) is 22.3. The van der Waals surface area contributed by atoms with E-state index in [-0.39, 0.29) is 37.4 Å². The molecule has 0 bridgehead atoms. The van der Waals surface area contributed by atoms with Gasteiger partial charge >= 0.3 is 11.7 Å². The lowest BCUT2D eigenvalue weighted by Gasteiger charge is -2.33. The number of hydrogen-bond donors (Lipinski definition) is 2. The van der Waals surface area contributed by atoms with E-state index < -0.39 is 27.7 Å². The van der Waals surface area contributed by atoms with E-state index in [1.54, 1.807) is 26.2 Å². The third-order valence-corrected chi connectivity index (χ3v) is 7.62. The molecule has 13 heteroatoms. The molecule has 0 radical (unpaired) electrons. The first-order valence-corrected chi connectivity index (χ1v) is 13.8. The zero-order valence-corrected chi connectivity index (χ0v) is 23.1. The lowest BCUT2D eigenvalue weighted by atomic mass is 9.97. The van der Waals surface area contributed by atoms with Crippen LogP contribution in [0.3, 0.4) is 0 Å². The highest BCUT2D eigenvalue weighted by Crippen LogP contribution is 2.29. The maximum atomic E-state index is 15.4. The van der Waals surface area contributed by atoms with Crippen molar-refractivity contribution in [1.82, 2.24) is 19.4 Å². The number of anilines is 1. The number of hydrogen-bond acceptors (Lipinski definition) is 8. The van der Waals surface area contributed by atoms with Crippen LogP contribution in [0.4, 0.5) is 14.9 Å². The summed E-state index contributed by atoms with van der Waals surface area (Å²) in [5.41, 5.74) is 0.439. The number of rotatable bonds is 8. The van der Waals surface area contributed by atoms with Gasteiger partial charge in [-0.1, -0.05) is 12.1 Å². The van der Waals surface area contributed by atoms with Gasteiger partial charge in [-0.05, 0) is 36.4 Å². The van der Waals surface area contributed by atoms with Crippen molar-refractivity contribution in [2.75, 3.05) is 59.1 Å². The molecule has 1 aliphatic rings.